The molecule has 0 heterocycles. The van der Waals surface area contributed by atoms with Gasteiger partial charge in [0.05, 0.1) is 12.6 Å². The number of hydrogen-bond acceptors (Lipinski definition) is 5. The van der Waals surface area contributed by atoms with Gasteiger partial charge in [-0.3, -0.25) is 14.4 Å². The maximum absolute atomic E-state index is 11.8. The maximum Gasteiger partial charge on any atom is 0.408 e. The summed E-state index contributed by atoms with van der Waals surface area (Å²) in [6.07, 6.45) is 1.35. The molecule has 0 aliphatic carbocycles. The van der Waals surface area contributed by atoms with Crippen LogP contribution in [0, 0.1) is 0 Å². The zero-order chi connectivity index (χ0) is 19.6. The molecule has 3 amide bonds. The van der Waals surface area contributed by atoms with Crippen molar-refractivity contribution in [2.75, 3.05) is 13.1 Å². The van der Waals surface area contributed by atoms with Crippen LogP contribution in [0.4, 0.5) is 4.79 Å². The standard InChI is InChI=1S/C18H24N3O5/c1-18(2,3)26-17(25)20-10-15(23)19-11-16(24)21-14(12-22)9-13-7-5-4-6-8-13/h4-8,14H,9-11H2,1-3H3,(H,19,23)(H,20,25)(H,21,24). The summed E-state index contributed by atoms with van der Waals surface area (Å²) in [5.74, 6) is -1.08. The molecule has 0 fully saturated rings. The molecule has 141 valence electrons. The third-order valence-electron chi connectivity index (χ3n) is 3.00. The Bertz CT molecular complexity index is 625. The summed E-state index contributed by atoms with van der Waals surface area (Å²) in [6.45, 7) is 4.46. The summed E-state index contributed by atoms with van der Waals surface area (Å²) in [5.41, 5.74) is 0.214. The molecule has 0 aromatic heterocycles. The molecule has 1 aromatic carbocycles. The second-order valence-electron chi connectivity index (χ2n) is 6.56. The van der Waals surface area contributed by atoms with Gasteiger partial charge in [0.1, 0.15) is 12.1 Å². The van der Waals surface area contributed by atoms with Gasteiger partial charge in [0.15, 0.2) is 0 Å². The summed E-state index contributed by atoms with van der Waals surface area (Å²) >= 11 is 0. The molecule has 1 rings (SSSR count). The maximum atomic E-state index is 11.8. The van der Waals surface area contributed by atoms with Crippen molar-refractivity contribution in [1.82, 2.24) is 16.0 Å². The summed E-state index contributed by atoms with van der Waals surface area (Å²) in [6, 6.07) is 8.37. The quantitative estimate of drug-likeness (QED) is 0.622. The van der Waals surface area contributed by atoms with E-state index in [-0.39, 0.29) is 13.1 Å². The number of carbonyl (C=O) groups is 3. The summed E-state index contributed by atoms with van der Waals surface area (Å²) in [7, 11) is 0. The van der Waals surface area contributed by atoms with Crippen molar-refractivity contribution >= 4 is 24.2 Å². The number of nitrogens with one attached hydrogen (secondary N) is 3. The fourth-order valence-corrected chi connectivity index (χ4v) is 1.93. The van der Waals surface area contributed by atoms with E-state index in [4.69, 9.17) is 4.74 Å². The van der Waals surface area contributed by atoms with Crippen LogP contribution in [0.5, 0.6) is 0 Å². The van der Waals surface area contributed by atoms with E-state index in [0.717, 1.165) is 5.56 Å². The third-order valence-corrected chi connectivity index (χ3v) is 3.00. The molecule has 0 spiro atoms. The van der Waals surface area contributed by atoms with Crippen LogP contribution in [0.1, 0.15) is 26.3 Å². The van der Waals surface area contributed by atoms with Crippen molar-refractivity contribution < 1.29 is 23.9 Å². The highest BCUT2D eigenvalue weighted by Gasteiger charge is 2.17. The lowest BCUT2D eigenvalue weighted by Gasteiger charge is -2.19. The molecule has 26 heavy (non-hydrogen) atoms. The van der Waals surface area contributed by atoms with Gasteiger partial charge in [-0.15, -0.1) is 0 Å². The summed E-state index contributed by atoms with van der Waals surface area (Å²) < 4.78 is 4.99. The summed E-state index contributed by atoms with van der Waals surface area (Å²) in [5, 5.41) is 7.10. The Morgan fingerprint density at radius 1 is 1.04 bits per heavy atom. The predicted molar refractivity (Wildman–Crippen MR) is 95.0 cm³/mol. The van der Waals surface area contributed by atoms with Crippen molar-refractivity contribution in [3.05, 3.63) is 35.9 Å². The monoisotopic (exact) mass is 362 g/mol. The Morgan fingerprint density at radius 3 is 2.23 bits per heavy atom. The number of hydrogen-bond donors (Lipinski definition) is 3. The molecule has 0 aliphatic rings. The molecule has 8 nitrogen and oxygen atoms in total. The topological polar surface area (TPSA) is 114 Å². The van der Waals surface area contributed by atoms with Crippen LogP contribution < -0.4 is 16.0 Å². The second kappa shape index (κ2) is 10.2. The molecule has 0 saturated carbocycles. The van der Waals surface area contributed by atoms with E-state index in [9.17, 15) is 19.2 Å². The smallest absolute Gasteiger partial charge is 0.408 e. The van der Waals surface area contributed by atoms with Gasteiger partial charge in [0.2, 0.25) is 18.1 Å². The number of rotatable bonds is 8. The molecule has 3 N–H and O–H groups in total. The van der Waals surface area contributed by atoms with Crippen molar-refractivity contribution in [3.63, 3.8) is 0 Å². The van der Waals surface area contributed by atoms with Crippen LogP contribution in [-0.2, 0) is 25.5 Å². The first-order valence-electron chi connectivity index (χ1n) is 8.14. The van der Waals surface area contributed by atoms with Gasteiger partial charge in [-0.1, -0.05) is 30.3 Å². The van der Waals surface area contributed by atoms with E-state index in [2.05, 4.69) is 16.0 Å². The highest BCUT2D eigenvalue weighted by Crippen LogP contribution is 2.06. The third kappa shape index (κ3) is 9.41. The van der Waals surface area contributed by atoms with E-state index >= 15 is 0 Å². The van der Waals surface area contributed by atoms with Gasteiger partial charge in [-0.25, -0.2) is 4.79 Å². The van der Waals surface area contributed by atoms with Gasteiger partial charge in [0, 0.05) is 6.42 Å². The molecule has 1 aromatic rings. The Balaban J connectivity index is 2.30. The van der Waals surface area contributed by atoms with Gasteiger partial charge >= 0.3 is 6.09 Å². The zero-order valence-electron chi connectivity index (χ0n) is 15.1. The Labute approximate surface area is 152 Å². The van der Waals surface area contributed by atoms with Crippen LogP contribution in [0.2, 0.25) is 0 Å². The Morgan fingerprint density at radius 2 is 1.65 bits per heavy atom. The van der Waals surface area contributed by atoms with Gasteiger partial charge in [-0.2, -0.15) is 0 Å². The fourth-order valence-electron chi connectivity index (χ4n) is 1.93. The van der Waals surface area contributed by atoms with E-state index < -0.39 is 29.6 Å². The minimum atomic E-state index is -0.804. The second-order valence-corrected chi connectivity index (χ2v) is 6.56. The molecular weight excluding hydrogens is 338 g/mol. The highest BCUT2D eigenvalue weighted by molar-refractivity contribution is 5.88. The molecular formula is C18H24N3O5. The molecule has 0 aliphatic heterocycles. The minimum Gasteiger partial charge on any atom is -0.444 e. The lowest BCUT2D eigenvalue weighted by Crippen LogP contribution is -2.46. The lowest BCUT2D eigenvalue weighted by molar-refractivity contribution is -0.125. The SMILES string of the molecule is CC(C)(C)OC(=O)NCC(=O)NCC(=O)NC([C]=O)Cc1ccccc1. The molecule has 1 atom stereocenters. The first-order chi connectivity index (χ1) is 12.2. The minimum absolute atomic E-state index is 0.310. The number of amides is 3. The average molecular weight is 362 g/mol. The Hall–Kier alpha value is -2.90. The van der Waals surface area contributed by atoms with Crippen LogP contribution >= 0.6 is 0 Å². The molecule has 8 heteroatoms. The number of ether oxygens (including phenoxy) is 1. The molecule has 1 radical (unpaired) electrons. The lowest BCUT2D eigenvalue weighted by atomic mass is 10.1. The van der Waals surface area contributed by atoms with Crippen LogP contribution in [0.15, 0.2) is 30.3 Å². The largest absolute Gasteiger partial charge is 0.444 e. The molecule has 0 bridgehead atoms. The zero-order valence-corrected chi connectivity index (χ0v) is 15.1. The fraction of sp³-hybridized carbons (Fsp3) is 0.444. The van der Waals surface area contributed by atoms with Crippen LogP contribution in [0.25, 0.3) is 0 Å². The average Bonchev–Trinajstić information content (AvgIpc) is 2.57. The number of benzene rings is 1. The highest BCUT2D eigenvalue weighted by atomic mass is 16.6. The van der Waals surface area contributed by atoms with Gasteiger partial charge < -0.3 is 20.7 Å². The first kappa shape index (κ1) is 21.1. The van der Waals surface area contributed by atoms with Crippen LogP contribution in [0.3, 0.4) is 0 Å². The molecule has 0 saturated heterocycles. The Kier molecular flexibility index (Phi) is 8.27. The van der Waals surface area contributed by atoms with E-state index in [1.807, 2.05) is 30.3 Å². The van der Waals surface area contributed by atoms with E-state index in [1.54, 1.807) is 27.1 Å². The predicted octanol–water partition coefficient (Wildman–Crippen LogP) is 0.465. The molecule has 1 unspecified atom stereocenters. The van der Waals surface area contributed by atoms with Crippen molar-refractivity contribution in [1.29, 1.82) is 0 Å². The van der Waals surface area contributed by atoms with Crippen molar-refractivity contribution in [2.24, 2.45) is 0 Å². The van der Waals surface area contributed by atoms with Crippen molar-refractivity contribution in [3.8, 4) is 0 Å². The van der Waals surface area contributed by atoms with Crippen LogP contribution in [-0.4, -0.2) is 48.9 Å². The van der Waals surface area contributed by atoms with Gasteiger partial charge in [0.25, 0.3) is 0 Å². The summed E-state index contributed by atoms with van der Waals surface area (Å²) in [4.78, 5) is 45.9. The normalized spacial score (nSPS) is 11.8. The van der Waals surface area contributed by atoms with Gasteiger partial charge in [-0.05, 0) is 26.3 Å². The number of alkyl carbamates (subject to hydrolysis) is 1. The number of carbonyl (C=O) groups excluding carboxylic acids is 4. The van der Waals surface area contributed by atoms with E-state index in [1.165, 1.54) is 0 Å². The first-order valence-corrected chi connectivity index (χ1v) is 8.14. The van der Waals surface area contributed by atoms with E-state index in [0.29, 0.717) is 6.42 Å². The van der Waals surface area contributed by atoms with Crippen molar-refractivity contribution in [2.45, 2.75) is 38.8 Å².